The first-order chi connectivity index (χ1) is 13.3. The second-order valence-corrected chi connectivity index (χ2v) is 9.83. The summed E-state index contributed by atoms with van der Waals surface area (Å²) in [6, 6.07) is 2.19. The van der Waals surface area contributed by atoms with Gasteiger partial charge in [-0.25, -0.2) is 18.4 Å². The van der Waals surface area contributed by atoms with E-state index in [1.165, 1.54) is 4.90 Å². The number of sulfone groups is 1. The minimum absolute atomic E-state index is 0.0722. The van der Waals surface area contributed by atoms with Crippen LogP contribution in [0, 0.1) is 12.8 Å². The standard InChI is InChI=1S/C18H23N5O4S/c1-11-7-16(27-22-11)14-8-19-18(20-13-3-4-13)21-15(14)9-23(2)17(24)12-5-6-28(25,26)10-12/h7-8,12-13H,3-6,9-10H2,1-2H3,(H,19,20,21)/t12-/m1/s1. The van der Waals surface area contributed by atoms with Crippen LogP contribution in [0.5, 0.6) is 0 Å². The molecule has 1 amide bonds. The Morgan fingerprint density at radius 1 is 1.36 bits per heavy atom. The quantitative estimate of drug-likeness (QED) is 0.766. The van der Waals surface area contributed by atoms with Crippen LogP contribution in [0.4, 0.5) is 5.95 Å². The number of anilines is 1. The summed E-state index contributed by atoms with van der Waals surface area (Å²) in [6.45, 7) is 2.05. The molecule has 1 saturated carbocycles. The average molecular weight is 405 g/mol. The van der Waals surface area contributed by atoms with E-state index in [0.29, 0.717) is 35.4 Å². The van der Waals surface area contributed by atoms with Gasteiger partial charge in [-0.05, 0) is 26.2 Å². The topological polar surface area (TPSA) is 118 Å². The summed E-state index contributed by atoms with van der Waals surface area (Å²) in [6.07, 6.45) is 4.23. The predicted octanol–water partition coefficient (Wildman–Crippen LogP) is 1.41. The number of nitrogens with one attached hydrogen (secondary N) is 1. The molecule has 4 rings (SSSR count). The second kappa shape index (κ2) is 7.16. The third kappa shape index (κ3) is 4.16. The molecule has 2 aromatic heterocycles. The van der Waals surface area contributed by atoms with Crippen molar-refractivity contribution in [3.63, 3.8) is 0 Å². The Morgan fingerprint density at radius 3 is 2.75 bits per heavy atom. The summed E-state index contributed by atoms with van der Waals surface area (Å²) in [5, 5.41) is 7.17. The van der Waals surface area contributed by atoms with E-state index in [0.717, 1.165) is 18.5 Å². The minimum atomic E-state index is -3.11. The van der Waals surface area contributed by atoms with Gasteiger partial charge in [-0.1, -0.05) is 5.16 Å². The zero-order valence-corrected chi connectivity index (χ0v) is 16.7. The highest BCUT2D eigenvalue weighted by Crippen LogP contribution is 2.28. The summed E-state index contributed by atoms with van der Waals surface area (Å²) in [5.74, 6) is 0.371. The van der Waals surface area contributed by atoms with Crippen LogP contribution < -0.4 is 5.32 Å². The fourth-order valence-corrected chi connectivity index (χ4v) is 5.05. The molecule has 1 N–H and O–H groups in total. The summed E-state index contributed by atoms with van der Waals surface area (Å²) in [5.41, 5.74) is 2.04. The van der Waals surface area contributed by atoms with Crippen molar-refractivity contribution in [2.24, 2.45) is 5.92 Å². The first kappa shape index (κ1) is 18.9. The smallest absolute Gasteiger partial charge is 0.226 e. The maximum atomic E-state index is 12.7. The number of carbonyl (C=O) groups is 1. The number of hydrogen-bond acceptors (Lipinski definition) is 8. The Labute approximate surface area is 163 Å². The van der Waals surface area contributed by atoms with E-state index < -0.39 is 15.8 Å². The number of aryl methyl sites for hydroxylation is 1. The molecular weight excluding hydrogens is 382 g/mol. The fraction of sp³-hybridized carbons (Fsp3) is 0.556. The zero-order chi connectivity index (χ0) is 19.9. The normalized spacial score (nSPS) is 20.9. The van der Waals surface area contributed by atoms with Gasteiger partial charge in [0.15, 0.2) is 15.6 Å². The van der Waals surface area contributed by atoms with Crippen molar-refractivity contribution in [1.29, 1.82) is 0 Å². The molecule has 1 aliphatic heterocycles. The molecule has 0 bridgehead atoms. The Bertz CT molecular complexity index is 999. The summed E-state index contributed by atoms with van der Waals surface area (Å²) < 4.78 is 28.8. The van der Waals surface area contributed by atoms with Gasteiger partial charge in [-0.15, -0.1) is 0 Å². The first-order valence-corrected chi connectivity index (χ1v) is 11.1. The average Bonchev–Trinajstić information content (AvgIpc) is 3.23. The molecule has 0 radical (unpaired) electrons. The van der Waals surface area contributed by atoms with Crippen molar-refractivity contribution < 1.29 is 17.7 Å². The van der Waals surface area contributed by atoms with Gasteiger partial charge >= 0.3 is 0 Å². The Kier molecular flexibility index (Phi) is 4.82. The lowest BCUT2D eigenvalue weighted by Gasteiger charge is -2.21. The van der Waals surface area contributed by atoms with E-state index in [2.05, 4.69) is 20.4 Å². The molecule has 3 heterocycles. The molecule has 2 aliphatic rings. The molecule has 150 valence electrons. The van der Waals surface area contributed by atoms with E-state index >= 15 is 0 Å². The first-order valence-electron chi connectivity index (χ1n) is 9.32. The fourth-order valence-electron chi connectivity index (χ4n) is 3.32. The number of carbonyl (C=O) groups excluding carboxylic acids is 1. The molecule has 0 spiro atoms. The lowest BCUT2D eigenvalue weighted by Crippen LogP contribution is -2.33. The Balaban J connectivity index is 1.57. The van der Waals surface area contributed by atoms with Crippen LogP contribution >= 0.6 is 0 Å². The zero-order valence-electron chi connectivity index (χ0n) is 15.9. The highest BCUT2D eigenvalue weighted by Gasteiger charge is 2.35. The van der Waals surface area contributed by atoms with Gasteiger partial charge in [0.2, 0.25) is 11.9 Å². The third-order valence-electron chi connectivity index (χ3n) is 5.02. The number of hydrogen-bond donors (Lipinski definition) is 1. The van der Waals surface area contributed by atoms with Gasteiger partial charge in [0, 0.05) is 25.4 Å². The SMILES string of the molecule is Cc1cc(-c2cnc(NC3CC3)nc2CN(C)C(=O)[C@@H]2CCS(=O)(=O)C2)on1. The predicted molar refractivity (Wildman–Crippen MR) is 102 cm³/mol. The molecule has 2 aromatic rings. The van der Waals surface area contributed by atoms with Crippen molar-refractivity contribution in [2.75, 3.05) is 23.9 Å². The third-order valence-corrected chi connectivity index (χ3v) is 6.78. The van der Waals surface area contributed by atoms with Crippen LogP contribution in [0.25, 0.3) is 11.3 Å². The molecule has 0 aromatic carbocycles. The van der Waals surface area contributed by atoms with Gasteiger partial charge in [-0.2, -0.15) is 0 Å². The van der Waals surface area contributed by atoms with E-state index in [1.807, 2.05) is 6.92 Å². The highest BCUT2D eigenvalue weighted by molar-refractivity contribution is 7.91. The summed E-state index contributed by atoms with van der Waals surface area (Å²) in [4.78, 5) is 23.2. The molecule has 10 heteroatoms. The van der Waals surface area contributed by atoms with Crippen molar-refractivity contribution in [3.8, 4) is 11.3 Å². The van der Waals surface area contributed by atoms with Crippen LogP contribution in [0.3, 0.4) is 0 Å². The van der Waals surface area contributed by atoms with Gasteiger partial charge in [0.05, 0.1) is 40.9 Å². The van der Waals surface area contributed by atoms with Crippen LogP contribution in [0.2, 0.25) is 0 Å². The molecule has 1 aliphatic carbocycles. The monoisotopic (exact) mass is 405 g/mol. The van der Waals surface area contributed by atoms with Crippen molar-refractivity contribution >= 4 is 21.7 Å². The number of amides is 1. The van der Waals surface area contributed by atoms with Crippen molar-refractivity contribution in [1.82, 2.24) is 20.0 Å². The van der Waals surface area contributed by atoms with Crippen LogP contribution in [0.1, 0.15) is 30.7 Å². The lowest BCUT2D eigenvalue weighted by atomic mass is 10.1. The van der Waals surface area contributed by atoms with Crippen LogP contribution in [0.15, 0.2) is 16.8 Å². The second-order valence-electron chi connectivity index (χ2n) is 7.60. The van der Waals surface area contributed by atoms with Gasteiger partial charge < -0.3 is 14.7 Å². The summed E-state index contributed by atoms with van der Waals surface area (Å²) >= 11 is 0. The highest BCUT2D eigenvalue weighted by atomic mass is 32.2. The van der Waals surface area contributed by atoms with Crippen LogP contribution in [-0.2, 0) is 21.2 Å². The minimum Gasteiger partial charge on any atom is -0.356 e. The number of aromatic nitrogens is 3. The largest absolute Gasteiger partial charge is 0.356 e. The molecular formula is C18H23N5O4S. The molecule has 2 fully saturated rings. The number of rotatable bonds is 6. The summed E-state index contributed by atoms with van der Waals surface area (Å²) in [7, 11) is -1.45. The van der Waals surface area contributed by atoms with Crippen LogP contribution in [-0.4, -0.2) is 58.9 Å². The van der Waals surface area contributed by atoms with E-state index in [-0.39, 0.29) is 24.0 Å². The molecule has 1 atom stereocenters. The molecule has 9 nitrogen and oxygen atoms in total. The van der Waals surface area contributed by atoms with Crippen molar-refractivity contribution in [3.05, 3.63) is 23.7 Å². The van der Waals surface area contributed by atoms with Gasteiger partial charge in [-0.3, -0.25) is 4.79 Å². The van der Waals surface area contributed by atoms with E-state index in [9.17, 15) is 13.2 Å². The molecule has 28 heavy (non-hydrogen) atoms. The van der Waals surface area contributed by atoms with Gasteiger partial charge in [0.1, 0.15) is 0 Å². The molecule has 1 saturated heterocycles. The Morgan fingerprint density at radius 2 is 2.14 bits per heavy atom. The van der Waals surface area contributed by atoms with E-state index in [1.54, 1.807) is 19.3 Å². The van der Waals surface area contributed by atoms with Gasteiger partial charge in [0.25, 0.3) is 0 Å². The maximum absolute atomic E-state index is 12.7. The van der Waals surface area contributed by atoms with E-state index in [4.69, 9.17) is 4.52 Å². The molecule has 0 unspecified atom stereocenters. The maximum Gasteiger partial charge on any atom is 0.226 e. The van der Waals surface area contributed by atoms with Crippen molar-refractivity contribution in [2.45, 2.75) is 38.8 Å². The Hall–Kier alpha value is -2.49. The lowest BCUT2D eigenvalue weighted by molar-refractivity contribution is -0.133. The number of nitrogens with zero attached hydrogens (tertiary/aromatic N) is 4.